The fourth-order valence-corrected chi connectivity index (χ4v) is 3.73. The molecule has 0 aliphatic heterocycles. The maximum Gasteiger partial charge on any atom is 0.341 e. The summed E-state index contributed by atoms with van der Waals surface area (Å²) >= 11 is 0. The van der Waals surface area contributed by atoms with E-state index in [4.69, 9.17) is 9.88 Å². The Bertz CT molecular complexity index is 1020. The molecule has 3 N–H and O–H groups in total. The van der Waals surface area contributed by atoms with Crippen LogP contribution in [0.4, 0.5) is 4.39 Å². The van der Waals surface area contributed by atoms with Crippen molar-refractivity contribution in [2.24, 2.45) is 5.14 Å². The molecule has 0 heterocycles. The molecular formula is C19H19FN2O5S. The third-order valence-corrected chi connectivity index (χ3v) is 5.44. The molecule has 0 radical (unpaired) electrons. The first-order chi connectivity index (χ1) is 13.3. The number of aryl methyl sites for hydroxylation is 1. The molecule has 0 saturated carbocycles. The van der Waals surface area contributed by atoms with E-state index in [1.165, 1.54) is 0 Å². The largest absolute Gasteiger partial charge is 0.452 e. The maximum absolute atomic E-state index is 13.8. The molecule has 1 aliphatic carbocycles. The first-order valence-electron chi connectivity index (χ1n) is 8.62. The summed E-state index contributed by atoms with van der Waals surface area (Å²) < 4.78 is 41.4. The van der Waals surface area contributed by atoms with Crippen molar-refractivity contribution in [2.45, 2.75) is 30.2 Å². The third kappa shape index (κ3) is 4.55. The van der Waals surface area contributed by atoms with E-state index in [2.05, 4.69) is 5.32 Å². The number of carbonyl (C=O) groups excluding carboxylic acids is 2. The molecule has 7 nitrogen and oxygen atoms in total. The molecule has 2 aromatic rings. The highest BCUT2D eigenvalue weighted by atomic mass is 32.2. The number of halogens is 1. The summed E-state index contributed by atoms with van der Waals surface area (Å²) in [6.07, 6.45) is 2.63. The van der Waals surface area contributed by atoms with Gasteiger partial charge in [0.2, 0.25) is 10.0 Å². The van der Waals surface area contributed by atoms with Gasteiger partial charge in [0.1, 0.15) is 5.82 Å². The van der Waals surface area contributed by atoms with Crippen molar-refractivity contribution in [3.8, 4) is 0 Å². The number of hydrogen-bond acceptors (Lipinski definition) is 5. The van der Waals surface area contributed by atoms with Gasteiger partial charge in [-0.1, -0.05) is 24.3 Å². The highest BCUT2D eigenvalue weighted by Gasteiger charge is 2.23. The zero-order valence-electron chi connectivity index (χ0n) is 14.9. The maximum atomic E-state index is 13.8. The van der Waals surface area contributed by atoms with Gasteiger partial charge in [0.05, 0.1) is 16.5 Å². The van der Waals surface area contributed by atoms with Crippen LogP contribution in [0.2, 0.25) is 0 Å². The van der Waals surface area contributed by atoms with E-state index in [1.807, 2.05) is 24.3 Å². The number of carbonyl (C=O) groups is 2. The molecule has 28 heavy (non-hydrogen) atoms. The lowest BCUT2D eigenvalue weighted by Crippen LogP contribution is -2.34. The standard InChI is InChI=1S/C19H19FN2O5S/c20-16-9-8-13(28(21,25)26)10-15(16)19(24)27-11-18(23)22-17-7-3-5-12-4-1-2-6-14(12)17/h1-2,4,6,8-10,17H,3,5,7,11H2,(H,22,23)(H2,21,25,26)/t17-/m1/s1. The van der Waals surface area contributed by atoms with Crippen molar-refractivity contribution in [2.75, 3.05) is 6.61 Å². The van der Waals surface area contributed by atoms with Crippen LogP contribution in [0.15, 0.2) is 47.4 Å². The van der Waals surface area contributed by atoms with Crippen LogP contribution in [-0.2, 0) is 26.0 Å². The van der Waals surface area contributed by atoms with E-state index in [0.717, 1.165) is 48.6 Å². The zero-order chi connectivity index (χ0) is 20.3. The topological polar surface area (TPSA) is 116 Å². The number of sulfonamides is 1. The monoisotopic (exact) mass is 406 g/mol. The Morgan fingerprint density at radius 3 is 2.71 bits per heavy atom. The third-order valence-electron chi connectivity index (χ3n) is 4.53. The molecule has 2 aromatic carbocycles. The lowest BCUT2D eigenvalue weighted by molar-refractivity contribution is -0.125. The Kier molecular flexibility index (Phi) is 5.76. The Labute approximate surface area is 161 Å². The van der Waals surface area contributed by atoms with Crippen LogP contribution < -0.4 is 10.5 Å². The predicted octanol–water partition coefficient (Wildman–Crippen LogP) is 1.82. The zero-order valence-corrected chi connectivity index (χ0v) is 15.7. The minimum absolute atomic E-state index is 0.182. The Hall–Kier alpha value is -2.78. The van der Waals surface area contributed by atoms with Gasteiger partial charge < -0.3 is 10.1 Å². The minimum atomic E-state index is -4.11. The smallest absolute Gasteiger partial charge is 0.341 e. The second-order valence-electron chi connectivity index (χ2n) is 6.47. The molecule has 9 heteroatoms. The van der Waals surface area contributed by atoms with Gasteiger partial charge in [-0.25, -0.2) is 22.7 Å². The summed E-state index contributed by atoms with van der Waals surface area (Å²) in [6, 6.07) is 10.1. The molecule has 0 saturated heterocycles. The van der Waals surface area contributed by atoms with Crippen molar-refractivity contribution in [3.63, 3.8) is 0 Å². The molecule has 0 fully saturated rings. The van der Waals surface area contributed by atoms with Crippen molar-refractivity contribution in [3.05, 3.63) is 65.0 Å². The molecule has 3 rings (SSSR count). The molecule has 0 aromatic heterocycles. The summed E-state index contributed by atoms with van der Waals surface area (Å²) in [4.78, 5) is 23.8. The summed E-state index contributed by atoms with van der Waals surface area (Å²) in [5.74, 6) is -2.65. The Morgan fingerprint density at radius 2 is 1.96 bits per heavy atom. The number of nitrogens with one attached hydrogen (secondary N) is 1. The van der Waals surface area contributed by atoms with Crippen LogP contribution in [0.3, 0.4) is 0 Å². The summed E-state index contributed by atoms with van der Waals surface area (Å²) in [5, 5.41) is 7.78. The van der Waals surface area contributed by atoms with Crippen LogP contribution >= 0.6 is 0 Å². The van der Waals surface area contributed by atoms with Gasteiger partial charge in [-0.2, -0.15) is 0 Å². The average molecular weight is 406 g/mol. The molecule has 0 spiro atoms. The number of hydrogen-bond donors (Lipinski definition) is 2. The van der Waals surface area contributed by atoms with E-state index in [-0.39, 0.29) is 6.04 Å². The highest BCUT2D eigenvalue weighted by Crippen LogP contribution is 2.29. The quantitative estimate of drug-likeness (QED) is 0.735. The fourth-order valence-electron chi connectivity index (χ4n) is 3.19. The Balaban J connectivity index is 1.64. The van der Waals surface area contributed by atoms with Crippen molar-refractivity contribution < 1.29 is 27.1 Å². The molecule has 0 unspecified atom stereocenters. The van der Waals surface area contributed by atoms with Gasteiger partial charge >= 0.3 is 5.97 Å². The summed E-state index contributed by atoms with van der Waals surface area (Å²) in [7, 11) is -4.11. The minimum Gasteiger partial charge on any atom is -0.452 e. The SMILES string of the molecule is NS(=O)(=O)c1ccc(F)c(C(=O)OCC(=O)N[C@@H]2CCCc3ccccc32)c1. The van der Waals surface area contributed by atoms with Crippen molar-refractivity contribution >= 4 is 21.9 Å². The fraction of sp³-hybridized carbons (Fsp3) is 0.263. The van der Waals surface area contributed by atoms with E-state index in [9.17, 15) is 22.4 Å². The number of amides is 1. The molecule has 1 atom stereocenters. The lowest BCUT2D eigenvalue weighted by Gasteiger charge is -2.26. The highest BCUT2D eigenvalue weighted by molar-refractivity contribution is 7.89. The number of fused-ring (bicyclic) bond motifs is 1. The number of nitrogens with two attached hydrogens (primary N) is 1. The molecule has 0 bridgehead atoms. The van der Waals surface area contributed by atoms with Gasteiger partial charge in [-0.3, -0.25) is 4.79 Å². The average Bonchev–Trinajstić information content (AvgIpc) is 2.66. The second-order valence-corrected chi connectivity index (χ2v) is 8.04. The summed E-state index contributed by atoms with van der Waals surface area (Å²) in [5.41, 5.74) is 1.58. The van der Waals surface area contributed by atoms with Gasteiger partial charge in [-0.05, 0) is 48.6 Å². The van der Waals surface area contributed by atoms with E-state index in [1.54, 1.807) is 0 Å². The molecule has 148 valence electrons. The van der Waals surface area contributed by atoms with Crippen LogP contribution in [0.5, 0.6) is 0 Å². The predicted molar refractivity (Wildman–Crippen MR) is 98.3 cm³/mol. The van der Waals surface area contributed by atoms with E-state index < -0.39 is 44.8 Å². The first kappa shape index (κ1) is 20.0. The number of primary sulfonamides is 1. The van der Waals surface area contributed by atoms with Crippen LogP contribution in [0.25, 0.3) is 0 Å². The van der Waals surface area contributed by atoms with Crippen LogP contribution in [0.1, 0.15) is 40.4 Å². The van der Waals surface area contributed by atoms with E-state index >= 15 is 0 Å². The van der Waals surface area contributed by atoms with Gasteiger partial charge in [0, 0.05) is 0 Å². The van der Waals surface area contributed by atoms with E-state index in [0.29, 0.717) is 0 Å². The molecule has 1 aliphatic rings. The number of esters is 1. The first-order valence-corrected chi connectivity index (χ1v) is 10.2. The van der Waals surface area contributed by atoms with Gasteiger partial charge in [-0.15, -0.1) is 0 Å². The molecule has 1 amide bonds. The normalized spacial score (nSPS) is 16.1. The number of ether oxygens (including phenoxy) is 1. The van der Waals surface area contributed by atoms with Gasteiger partial charge in [0.15, 0.2) is 6.61 Å². The lowest BCUT2D eigenvalue weighted by atomic mass is 9.88. The van der Waals surface area contributed by atoms with Gasteiger partial charge in [0.25, 0.3) is 5.91 Å². The van der Waals surface area contributed by atoms with Crippen molar-refractivity contribution in [1.29, 1.82) is 0 Å². The molecular weight excluding hydrogens is 387 g/mol. The number of rotatable bonds is 5. The number of benzene rings is 2. The second kappa shape index (κ2) is 8.07. The Morgan fingerprint density at radius 1 is 1.21 bits per heavy atom. The van der Waals surface area contributed by atoms with Crippen molar-refractivity contribution in [1.82, 2.24) is 5.32 Å². The van der Waals surface area contributed by atoms with Crippen LogP contribution in [0, 0.1) is 5.82 Å². The summed E-state index contributed by atoms with van der Waals surface area (Å²) in [6.45, 7) is -0.615. The van der Waals surface area contributed by atoms with Crippen LogP contribution in [-0.4, -0.2) is 26.9 Å².